The van der Waals surface area contributed by atoms with Crippen LogP contribution in [0, 0.1) is 0 Å². The van der Waals surface area contributed by atoms with Crippen LogP contribution in [0.25, 0.3) is 11.1 Å². The molecule has 1 aliphatic carbocycles. The maximum atomic E-state index is 13.6. The first kappa shape index (κ1) is 35.0. The molecule has 6 rings (SSSR count). The molecule has 0 heterocycles. The quantitative estimate of drug-likeness (QED) is 0.104. The number of esters is 2. The van der Waals surface area contributed by atoms with Crippen LogP contribution in [0.15, 0.2) is 127 Å². The van der Waals surface area contributed by atoms with Crippen molar-refractivity contribution in [2.45, 2.75) is 58.0 Å². The van der Waals surface area contributed by atoms with E-state index in [4.69, 9.17) is 18.9 Å². The average Bonchev–Trinajstić information content (AvgIpc) is 3.45. The molecule has 260 valence electrons. The van der Waals surface area contributed by atoms with E-state index in [1.807, 2.05) is 97.1 Å². The summed E-state index contributed by atoms with van der Waals surface area (Å²) < 4.78 is 23.2. The molecule has 0 aliphatic heterocycles. The molecule has 0 bridgehead atoms. The van der Waals surface area contributed by atoms with Gasteiger partial charge in [0, 0.05) is 12.3 Å². The van der Waals surface area contributed by atoms with Crippen LogP contribution in [0.2, 0.25) is 0 Å². The number of amides is 1. The van der Waals surface area contributed by atoms with Gasteiger partial charge >= 0.3 is 18.0 Å². The molecular weight excluding hydrogens is 642 g/mol. The summed E-state index contributed by atoms with van der Waals surface area (Å²) in [6.07, 6.45) is -0.735. The normalized spacial score (nSPS) is 12.6. The van der Waals surface area contributed by atoms with Crippen molar-refractivity contribution >= 4 is 18.0 Å². The van der Waals surface area contributed by atoms with Crippen LogP contribution >= 0.6 is 0 Å². The third-order valence-electron chi connectivity index (χ3n) is 8.48. The summed E-state index contributed by atoms with van der Waals surface area (Å²) in [5.74, 6) is -1.02. The molecule has 1 aliphatic rings. The van der Waals surface area contributed by atoms with E-state index in [0.717, 1.165) is 33.4 Å². The molecule has 0 saturated carbocycles. The van der Waals surface area contributed by atoms with E-state index >= 15 is 0 Å². The largest absolute Gasteiger partial charge is 0.488 e. The standard InChI is InChI=1S/C43H41NO7/c1-43(2,3)51-40(45)36-24-31(22-23-39(36)48-26-29-14-6-4-7-15-29)25-38(41(46)49-27-30-16-8-5-9-17-30)44-42(47)50-28-37-34-20-12-10-18-32(34)33-19-11-13-21-35(33)37/h4-24,37-38H,25-28H2,1-3H3,(H,44,47)/t38-/m0/s1. The van der Waals surface area contributed by atoms with Crippen molar-refractivity contribution in [3.63, 3.8) is 0 Å². The summed E-state index contributed by atoms with van der Waals surface area (Å²) in [6, 6.07) is 39.0. The third-order valence-corrected chi connectivity index (χ3v) is 8.48. The second-order valence-electron chi connectivity index (χ2n) is 13.4. The number of hydrogen-bond donors (Lipinski definition) is 1. The van der Waals surface area contributed by atoms with E-state index in [9.17, 15) is 14.4 Å². The summed E-state index contributed by atoms with van der Waals surface area (Å²) >= 11 is 0. The fraction of sp³-hybridized carbons (Fsp3) is 0.233. The van der Waals surface area contributed by atoms with E-state index in [-0.39, 0.29) is 37.7 Å². The zero-order valence-electron chi connectivity index (χ0n) is 29.0. The summed E-state index contributed by atoms with van der Waals surface area (Å²) in [6.45, 7) is 5.72. The average molecular weight is 684 g/mol. The molecule has 51 heavy (non-hydrogen) atoms. The van der Waals surface area contributed by atoms with Crippen molar-refractivity contribution in [1.29, 1.82) is 0 Å². The van der Waals surface area contributed by atoms with Gasteiger partial charge in [-0.25, -0.2) is 14.4 Å². The maximum Gasteiger partial charge on any atom is 0.407 e. The van der Waals surface area contributed by atoms with Gasteiger partial charge in [-0.2, -0.15) is 0 Å². The monoisotopic (exact) mass is 683 g/mol. The van der Waals surface area contributed by atoms with Gasteiger partial charge in [-0.1, -0.05) is 115 Å². The highest BCUT2D eigenvalue weighted by Gasteiger charge is 2.31. The molecule has 0 radical (unpaired) electrons. The topological polar surface area (TPSA) is 100 Å². The van der Waals surface area contributed by atoms with Crippen LogP contribution in [0.4, 0.5) is 4.79 Å². The van der Waals surface area contributed by atoms with Crippen molar-refractivity contribution in [2.24, 2.45) is 0 Å². The molecule has 5 aromatic carbocycles. The lowest BCUT2D eigenvalue weighted by atomic mass is 9.98. The first-order valence-electron chi connectivity index (χ1n) is 17.0. The highest BCUT2D eigenvalue weighted by Crippen LogP contribution is 2.44. The third kappa shape index (κ3) is 9.02. The van der Waals surface area contributed by atoms with Gasteiger partial charge in [-0.15, -0.1) is 0 Å². The number of carbonyl (C=O) groups is 3. The molecule has 1 atom stereocenters. The predicted molar refractivity (Wildman–Crippen MR) is 194 cm³/mol. The molecular formula is C43H41NO7. The Labute approximate surface area is 298 Å². The Morgan fingerprint density at radius 3 is 1.84 bits per heavy atom. The fourth-order valence-electron chi connectivity index (χ4n) is 6.10. The highest BCUT2D eigenvalue weighted by molar-refractivity contribution is 5.93. The first-order valence-corrected chi connectivity index (χ1v) is 17.0. The predicted octanol–water partition coefficient (Wildman–Crippen LogP) is 8.41. The van der Waals surface area contributed by atoms with Crippen LogP contribution in [0.5, 0.6) is 5.75 Å². The van der Waals surface area contributed by atoms with Gasteiger partial charge in [-0.3, -0.25) is 0 Å². The fourth-order valence-corrected chi connectivity index (χ4v) is 6.10. The Bertz CT molecular complexity index is 1940. The van der Waals surface area contributed by atoms with Crippen molar-refractivity contribution < 1.29 is 33.3 Å². The molecule has 0 unspecified atom stereocenters. The van der Waals surface area contributed by atoms with E-state index in [2.05, 4.69) is 17.4 Å². The first-order chi connectivity index (χ1) is 24.6. The SMILES string of the molecule is CC(C)(C)OC(=O)c1cc(C[C@H](NC(=O)OCC2c3ccccc3-c3ccccc32)C(=O)OCc2ccccc2)ccc1OCc1ccccc1. The summed E-state index contributed by atoms with van der Waals surface area (Å²) in [5, 5.41) is 2.74. The maximum absolute atomic E-state index is 13.6. The Morgan fingerprint density at radius 2 is 1.24 bits per heavy atom. The number of benzene rings is 5. The molecule has 1 amide bonds. The molecule has 0 aromatic heterocycles. The summed E-state index contributed by atoms with van der Waals surface area (Å²) in [5.41, 5.74) is 6.16. The van der Waals surface area contributed by atoms with Crippen molar-refractivity contribution in [3.05, 3.63) is 161 Å². The molecule has 8 heteroatoms. The minimum atomic E-state index is -1.12. The molecule has 1 N–H and O–H groups in total. The van der Waals surface area contributed by atoms with Gasteiger partial charge in [-0.05, 0) is 71.8 Å². The zero-order valence-corrected chi connectivity index (χ0v) is 29.0. The second kappa shape index (κ2) is 15.8. The Hall–Kier alpha value is -5.89. The van der Waals surface area contributed by atoms with Crippen LogP contribution in [-0.4, -0.2) is 36.3 Å². The molecule has 0 saturated heterocycles. The van der Waals surface area contributed by atoms with E-state index in [1.54, 1.807) is 39.0 Å². The van der Waals surface area contributed by atoms with Gasteiger partial charge in [0.15, 0.2) is 0 Å². The molecule has 5 aromatic rings. The minimum absolute atomic E-state index is 0.0204. The Kier molecular flexibility index (Phi) is 10.8. The number of ether oxygens (including phenoxy) is 4. The minimum Gasteiger partial charge on any atom is -0.488 e. The van der Waals surface area contributed by atoms with Gasteiger partial charge in [0.2, 0.25) is 0 Å². The van der Waals surface area contributed by atoms with Gasteiger partial charge in [0.05, 0.1) is 0 Å². The number of alkyl carbamates (subject to hydrolysis) is 1. The number of carbonyl (C=O) groups excluding carboxylic acids is 3. The molecule has 0 fully saturated rings. The zero-order chi connectivity index (χ0) is 35.8. The number of nitrogens with one attached hydrogen (secondary N) is 1. The van der Waals surface area contributed by atoms with Gasteiger partial charge in [0.25, 0.3) is 0 Å². The Balaban J connectivity index is 1.21. The van der Waals surface area contributed by atoms with Crippen molar-refractivity contribution in [1.82, 2.24) is 5.32 Å². The Morgan fingerprint density at radius 1 is 0.667 bits per heavy atom. The second-order valence-corrected chi connectivity index (χ2v) is 13.4. The van der Waals surface area contributed by atoms with Crippen LogP contribution in [0.1, 0.15) is 64.9 Å². The van der Waals surface area contributed by atoms with Crippen LogP contribution < -0.4 is 10.1 Å². The lowest BCUT2D eigenvalue weighted by Gasteiger charge is -2.22. The summed E-state index contributed by atoms with van der Waals surface area (Å²) in [4.78, 5) is 40.3. The smallest absolute Gasteiger partial charge is 0.407 e. The van der Waals surface area contributed by atoms with Crippen LogP contribution in [0.3, 0.4) is 0 Å². The number of fused-ring (bicyclic) bond motifs is 3. The van der Waals surface area contributed by atoms with Crippen molar-refractivity contribution in [3.8, 4) is 16.9 Å². The number of hydrogen-bond acceptors (Lipinski definition) is 7. The van der Waals surface area contributed by atoms with E-state index in [0.29, 0.717) is 11.3 Å². The van der Waals surface area contributed by atoms with E-state index < -0.39 is 29.7 Å². The highest BCUT2D eigenvalue weighted by atomic mass is 16.6. The lowest BCUT2D eigenvalue weighted by molar-refractivity contribution is -0.147. The van der Waals surface area contributed by atoms with Crippen LogP contribution in [-0.2, 0) is 38.6 Å². The van der Waals surface area contributed by atoms with Gasteiger partial charge < -0.3 is 24.3 Å². The molecule has 8 nitrogen and oxygen atoms in total. The van der Waals surface area contributed by atoms with Crippen molar-refractivity contribution in [2.75, 3.05) is 6.61 Å². The summed E-state index contributed by atoms with van der Waals surface area (Å²) in [7, 11) is 0. The molecule has 0 spiro atoms. The van der Waals surface area contributed by atoms with E-state index in [1.165, 1.54) is 0 Å². The van der Waals surface area contributed by atoms with Gasteiger partial charge in [0.1, 0.15) is 42.8 Å². The number of rotatable bonds is 12. The lowest BCUT2D eigenvalue weighted by Crippen LogP contribution is -2.44.